The minimum absolute atomic E-state index is 0.00913. The highest BCUT2D eigenvalue weighted by atomic mass is 16.6. The lowest BCUT2D eigenvalue weighted by atomic mass is 9.93. The summed E-state index contributed by atoms with van der Waals surface area (Å²) in [6.07, 6.45) is -0.938. The Hall–Kier alpha value is -4.03. The van der Waals surface area contributed by atoms with Crippen LogP contribution in [0.4, 0.5) is 4.79 Å². The second kappa shape index (κ2) is 15.1. The lowest BCUT2D eigenvalue weighted by Gasteiger charge is -2.33. The SMILES string of the molecule is CC(C)(C)OC(=O)COc1ccccc1OC(C(=O)NNC(=O)CC1CCN(C(=O)OC(C)(C)C)CC1)C(=O)OC(C)(C)C. The van der Waals surface area contributed by atoms with Crippen LogP contribution < -0.4 is 20.3 Å². The molecule has 1 aromatic carbocycles. The molecule has 13 nitrogen and oxygen atoms in total. The molecule has 0 aromatic heterocycles. The zero-order valence-electron chi connectivity index (χ0n) is 27.2. The van der Waals surface area contributed by atoms with Gasteiger partial charge in [0.2, 0.25) is 5.91 Å². The van der Waals surface area contributed by atoms with Gasteiger partial charge in [0.25, 0.3) is 12.0 Å². The maximum atomic E-state index is 13.1. The van der Waals surface area contributed by atoms with E-state index in [2.05, 4.69) is 10.9 Å². The topological polar surface area (TPSA) is 159 Å². The largest absolute Gasteiger partial charge is 0.478 e. The van der Waals surface area contributed by atoms with Crippen LogP contribution in [0.1, 0.15) is 81.6 Å². The van der Waals surface area contributed by atoms with Crippen LogP contribution in [-0.4, -0.2) is 77.3 Å². The van der Waals surface area contributed by atoms with Crippen LogP contribution >= 0.6 is 0 Å². The smallest absolute Gasteiger partial charge is 0.410 e. The van der Waals surface area contributed by atoms with E-state index in [9.17, 15) is 24.0 Å². The second-order valence-corrected chi connectivity index (χ2v) is 13.5. The predicted molar refractivity (Wildman–Crippen MR) is 159 cm³/mol. The van der Waals surface area contributed by atoms with Crippen molar-refractivity contribution in [2.75, 3.05) is 19.7 Å². The maximum absolute atomic E-state index is 13.1. The fourth-order valence-electron chi connectivity index (χ4n) is 4.02. The van der Waals surface area contributed by atoms with Crippen LogP contribution in [0.5, 0.6) is 11.5 Å². The van der Waals surface area contributed by atoms with E-state index in [0.29, 0.717) is 25.9 Å². The van der Waals surface area contributed by atoms with Gasteiger partial charge in [-0.1, -0.05) is 12.1 Å². The fraction of sp³-hybridized carbons (Fsp3) is 0.645. The predicted octanol–water partition coefficient (Wildman–Crippen LogP) is 3.68. The van der Waals surface area contributed by atoms with Gasteiger partial charge in [0.1, 0.15) is 16.8 Å². The summed E-state index contributed by atoms with van der Waals surface area (Å²) in [5.74, 6) is -3.01. The molecule has 0 spiro atoms. The number of hydrogen-bond donors (Lipinski definition) is 2. The van der Waals surface area contributed by atoms with Crippen molar-refractivity contribution >= 4 is 29.8 Å². The molecule has 0 saturated carbocycles. The molecule has 1 unspecified atom stereocenters. The number of likely N-dealkylation sites (tertiary alicyclic amines) is 1. The molecule has 2 rings (SSSR count). The Bertz CT molecular complexity index is 1170. The molecule has 1 heterocycles. The third kappa shape index (κ3) is 13.5. The summed E-state index contributed by atoms with van der Waals surface area (Å²) in [5.41, 5.74) is 2.33. The van der Waals surface area contributed by atoms with Gasteiger partial charge in [0.05, 0.1) is 0 Å². The molecule has 1 aromatic rings. The summed E-state index contributed by atoms with van der Waals surface area (Å²) >= 11 is 0. The molecule has 0 radical (unpaired) electrons. The van der Waals surface area contributed by atoms with Gasteiger partial charge in [-0.15, -0.1) is 0 Å². The van der Waals surface area contributed by atoms with Gasteiger partial charge < -0.3 is 28.6 Å². The second-order valence-electron chi connectivity index (χ2n) is 13.5. The third-order valence-corrected chi connectivity index (χ3v) is 5.78. The Labute approximate surface area is 259 Å². The highest BCUT2D eigenvalue weighted by Crippen LogP contribution is 2.28. The molecule has 246 valence electrons. The lowest BCUT2D eigenvalue weighted by molar-refractivity contribution is -0.167. The van der Waals surface area contributed by atoms with Crippen LogP contribution in [0.25, 0.3) is 0 Å². The lowest BCUT2D eigenvalue weighted by Crippen LogP contribution is -2.52. The number of para-hydroxylation sites is 2. The van der Waals surface area contributed by atoms with Gasteiger partial charge in [0.15, 0.2) is 18.1 Å². The summed E-state index contributed by atoms with van der Waals surface area (Å²) in [7, 11) is 0. The van der Waals surface area contributed by atoms with E-state index < -0.39 is 59.4 Å². The number of ether oxygens (including phenoxy) is 5. The monoisotopic (exact) mass is 621 g/mol. The molecular formula is C31H47N3O10. The van der Waals surface area contributed by atoms with Crippen LogP contribution in [0.3, 0.4) is 0 Å². The van der Waals surface area contributed by atoms with Gasteiger partial charge in [0, 0.05) is 19.5 Å². The van der Waals surface area contributed by atoms with E-state index in [1.54, 1.807) is 79.3 Å². The first-order valence-corrected chi connectivity index (χ1v) is 14.6. The maximum Gasteiger partial charge on any atom is 0.410 e. The number of nitrogens with zero attached hydrogens (tertiary/aromatic N) is 1. The first-order chi connectivity index (χ1) is 20.2. The fourth-order valence-corrected chi connectivity index (χ4v) is 4.02. The molecule has 1 aliphatic rings. The molecule has 1 atom stereocenters. The van der Waals surface area contributed by atoms with Crippen LogP contribution in [0.15, 0.2) is 24.3 Å². The van der Waals surface area contributed by atoms with Gasteiger partial charge >= 0.3 is 18.0 Å². The number of rotatable bonds is 9. The Balaban J connectivity index is 2.01. The number of hydrogen-bond acceptors (Lipinski definition) is 10. The quantitative estimate of drug-likeness (QED) is 0.180. The summed E-state index contributed by atoms with van der Waals surface area (Å²) in [6, 6.07) is 6.17. The minimum atomic E-state index is -1.82. The van der Waals surface area contributed by atoms with E-state index in [1.165, 1.54) is 12.1 Å². The number of amides is 3. The van der Waals surface area contributed by atoms with Crippen molar-refractivity contribution in [2.24, 2.45) is 5.92 Å². The van der Waals surface area contributed by atoms with Crippen molar-refractivity contribution in [2.45, 2.75) is 104 Å². The Morgan fingerprint density at radius 3 is 1.89 bits per heavy atom. The van der Waals surface area contributed by atoms with Gasteiger partial charge in [-0.25, -0.2) is 14.4 Å². The Morgan fingerprint density at radius 1 is 0.795 bits per heavy atom. The van der Waals surface area contributed by atoms with Crippen molar-refractivity contribution in [3.8, 4) is 11.5 Å². The van der Waals surface area contributed by atoms with Gasteiger partial charge in [-0.2, -0.15) is 0 Å². The molecule has 1 aliphatic heterocycles. The molecule has 1 saturated heterocycles. The molecule has 44 heavy (non-hydrogen) atoms. The normalized spacial score (nSPS) is 15.0. The summed E-state index contributed by atoms with van der Waals surface area (Å²) < 4.78 is 27.3. The number of carbonyl (C=O) groups is 5. The number of hydrazine groups is 1. The van der Waals surface area contributed by atoms with Crippen molar-refractivity contribution in [1.29, 1.82) is 0 Å². The molecule has 1 fully saturated rings. The van der Waals surface area contributed by atoms with Crippen LogP contribution in [0, 0.1) is 5.92 Å². The Morgan fingerprint density at radius 2 is 1.34 bits per heavy atom. The third-order valence-electron chi connectivity index (χ3n) is 5.78. The average molecular weight is 622 g/mol. The number of carbonyl (C=O) groups excluding carboxylic acids is 5. The van der Waals surface area contributed by atoms with Gasteiger partial charge in [-0.3, -0.25) is 20.4 Å². The van der Waals surface area contributed by atoms with E-state index in [4.69, 9.17) is 23.7 Å². The summed E-state index contributed by atoms with van der Waals surface area (Å²) in [6.45, 7) is 15.9. The first-order valence-electron chi connectivity index (χ1n) is 14.6. The number of esters is 2. The van der Waals surface area contributed by atoms with E-state index in [-0.39, 0.29) is 23.8 Å². The van der Waals surface area contributed by atoms with Crippen LogP contribution in [-0.2, 0) is 33.4 Å². The first kappa shape index (κ1) is 36.2. The summed E-state index contributed by atoms with van der Waals surface area (Å²) in [5, 5.41) is 0. The molecular weight excluding hydrogens is 574 g/mol. The molecule has 3 amide bonds. The van der Waals surface area contributed by atoms with Crippen molar-refractivity contribution in [3.63, 3.8) is 0 Å². The van der Waals surface area contributed by atoms with E-state index >= 15 is 0 Å². The standard InChI is InChI=1S/C31H47N3O10/c1-29(2,3)42-24(36)19-40-21-12-10-11-13-22(21)41-25(27(38)43-30(4,5)6)26(37)33-32-23(35)18-20-14-16-34(17-15-20)28(39)44-31(7,8)9/h10-13,20,25H,14-19H2,1-9H3,(H,32,35)(H,33,37). The van der Waals surface area contributed by atoms with E-state index in [0.717, 1.165) is 0 Å². The highest BCUT2D eigenvalue weighted by molar-refractivity contribution is 6.01. The number of benzene rings is 1. The Kier molecular flexibility index (Phi) is 12.4. The zero-order chi connectivity index (χ0) is 33.3. The average Bonchev–Trinajstić information content (AvgIpc) is 2.87. The molecule has 2 N–H and O–H groups in total. The molecule has 13 heteroatoms. The number of nitrogens with one attached hydrogen (secondary N) is 2. The zero-order valence-corrected chi connectivity index (χ0v) is 27.2. The van der Waals surface area contributed by atoms with Crippen LogP contribution in [0.2, 0.25) is 0 Å². The number of piperidine rings is 1. The molecule has 0 aliphatic carbocycles. The minimum Gasteiger partial charge on any atom is -0.478 e. The highest BCUT2D eigenvalue weighted by Gasteiger charge is 2.35. The molecule has 0 bridgehead atoms. The van der Waals surface area contributed by atoms with Crippen molar-refractivity contribution in [1.82, 2.24) is 15.8 Å². The van der Waals surface area contributed by atoms with Crippen molar-refractivity contribution < 1.29 is 47.7 Å². The van der Waals surface area contributed by atoms with E-state index in [1.807, 2.05) is 0 Å². The van der Waals surface area contributed by atoms with Crippen molar-refractivity contribution in [3.05, 3.63) is 24.3 Å². The summed E-state index contributed by atoms with van der Waals surface area (Å²) in [4.78, 5) is 64.8. The van der Waals surface area contributed by atoms with Gasteiger partial charge in [-0.05, 0) is 93.2 Å².